The zero-order valence-electron chi connectivity index (χ0n) is 14.7. The van der Waals surface area contributed by atoms with E-state index in [-0.39, 0.29) is 6.04 Å². The van der Waals surface area contributed by atoms with Crippen LogP contribution in [0, 0.1) is 0 Å². The third-order valence-corrected chi connectivity index (χ3v) is 5.82. The van der Waals surface area contributed by atoms with Gasteiger partial charge in [0.05, 0.1) is 6.54 Å². The Morgan fingerprint density at radius 3 is 2.62 bits per heavy atom. The largest absolute Gasteiger partial charge is 0.353 e. The van der Waals surface area contributed by atoms with Gasteiger partial charge in [-0.25, -0.2) is 0 Å². The molecule has 3 aliphatic rings. The molecule has 4 rings (SSSR count). The first kappa shape index (κ1) is 15.9. The topological polar surface area (TPSA) is 44.9 Å². The summed E-state index contributed by atoms with van der Waals surface area (Å²) in [5.74, 6) is 1.17. The summed E-state index contributed by atoms with van der Waals surface area (Å²) in [5.41, 5.74) is 9.06. The molecule has 1 aromatic rings. The predicted molar refractivity (Wildman–Crippen MR) is 98.8 cm³/mol. The lowest BCUT2D eigenvalue weighted by Gasteiger charge is -2.38. The third kappa shape index (κ3) is 3.30. The molecule has 1 aromatic carbocycles. The molecule has 0 unspecified atom stereocenters. The molecular formula is C20H30N4. The van der Waals surface area contributed by atoms with Crippen molar-refractivity contribution < 1.29 is 0 Å². The van der Waals surface area contributed by atoms with E-state index in [4.69, 9.17) is 10.8 Å². The van der Waals surface area contributed by atoms with Gasteiger partial charge < -0.3 is 10.6 Å². The average molecular weight is 326 g/mol. The lowest BCUT2D eigenvalue weighted by Crippen LogP contribution is -2.45. The van der Waals surface area contributed by atoms with Crippen LogP contribution in [0.4, 0.5) is 0 Å². The second-order valence-corrected chi connectivity index (χ2v) is 7.67. The third-order valence-electron chi connectivity index (χ3n) is 5.82. The molecule has 130 valence electrons. The molecule has 1 saturated carbocycles. The highest BCUT2D eigenvalue weighted by Crippen LogP contribution is 2.29. The number of hydrogen-bond donors (Lipinski definition) is 1. The zero-order chi connectivity index (χ0) is 16.4. The fourth-order valence-electron chi connectivity index (χ4n) is 4.45. The number of nitrogens with two attached hydrogens (primary N) is 1. The highest BCUT2D eigenvalue weighted by Gasteiger charge is 2.29. The van der Waals surface area contributed by atoms with E-state index in [0.717, 1.165) is 26.1 Å². The van der Waals surface area contributed by atoms with E-state index in [1.54, 1.807) is 0 Å². The van der Waals surface area contributed by atoms with Gasteiger partial charge in [0.15, 0.2) is 5.84 Å². The molecule has 4 nitrogen and oxygen atoms in total. The maximum atomic E-state index is 6.32. The van der Waals surface area contributed by atoms with Crippen molar-refractivity contribution in [2.75, 3.05) is 13.1 Å². The van der Waals surface area contributed by atoms with Gasteiger partial charge in [-0.05, 0) is 31.2 Å². The number of amidine groups is 1. The molecule has 0 radical (unpaired) electrons. The van der Waals surface area contributed by atoms with Crippen molar-refractivity contribution in [3.8, 4) is 0 Å². The number of likely N-dealkylation sites (tertiary alicyclic amines) is 1. The van der Waals surface area contributed by atoms with Gasteiger partial charge in [0.2, 0.25) is 0 Å². The van der Waals surface area contributed by atoms with Crippen molar-refractivity contribution in [1.82, 2.24) is 9.91 Å². The summed E-state index contributed by atoms with van der Waals surface area (Å²) in [6, 6.07) is 9.70. The highest BCUT2D eigenvalue weighted by molar-refractivity contribution is 6.00. The normalized spacial score (nSPS) is 25.9. The Morgan fingerprint density at radius 2 is 1.75 bits per heavy atom. The lowest BCUT2D eigenvalue weighted by molar-refractivity contribution is 0.147. The second-order valence-electron chi connectivity index (χ2n) is 7.67. The van der Waals surface area contributed by atoms with Crippen molar-refractivity contribution >= 4 is 5.84 Å². The lowest BCUT2D eigenvalue weighted by atomic mass is 9.94. The molecule has 0 amide bonds. The van der Waals surface area contributed by atoms with Crippen LogP contribution in [0.25, 0.3) is 0 Å². The summed E-state index contributed by atoms with van der Waals surface area (Å²) in [5, 5.41) is 7.55. The van der Waals surface area contributed by atoms with Crippen molar-refractivity contribution in [2.45, 2.75) is 70.0 Å². The quantitative estimate of drug-likeness (QED) is 0.861. The molecule has 0 spiro atoms. The minimum absolute atomic E-state index is 0.271. The van der Waals surface area contributed by atoms with Crippen LogP contribution in [0.15, 0.2) is 29.4 Å². The minimum Gasteiger partial charge on any atom is -0.353 e. The molecule has 2 fully saturated rings. The number of fused-ring (bicyclic) bond motifs is 1. The van der Waals surface area contributed by atoms with Crippen molar-refractivity contribution in [1.29, 1.82) is 0 Å². The van der Waals surface area contributed by atoms with Crippen molar-refractivity contribution in [3.05, 3.63) is 35.4 Å². The van der Waals surface area contributed by atoms with Crippen LogP contribution in [-0.4, -0.2) is 40.9 Å². The second kappa shape index (κ2) is 7.14. The molecule has 2 aliphatic heterocycles. The molecule has 0 bridgehead atoms. The molecule has 4 heteroatoms. The minimum atomic E-state index is 0.271. The predicted octanol–water partition coefficient (Wildman–Crippen LogP) is 3.31. The number of hydrogen-bond acceptors (Lipinski definition) is 4. The van der Waals surface area contributed by atoms with E-state index in [1.165, 1.54) is 61.9 Å². The fourth-order valence-corrected chi connectivity index (χ4v) is 4.45. The van der Waals surface area contributed by atoms with Crippen LogP contribution in [-0.2, 0) is 6.54 Å². The summed E-state index contributed by atoms with van der Waals surface area (Å²) in [6.07, 6.45) is 10.3. The zero-order valence-corrected chi connectivity index (χ0v) is 14.7. The fraction of sp³-hybridized carbons (Fsp3) is 0.650. The first-order valence-electron chi connectivity index (χ1n) is 9.75. The summed E-state index contributed by atoms with van der Waals surface area (Å²) in [7, 11) is 0. The molecule has 2 N–H and O–H groups in total. The summed E-state index contributed by atoms with van der Waals surface area (Å²) in [4.78, 5) is 2.45. The van der Waals surface area contributed by atoms with E-state index in [9.17, 15) is 0 Å². The molecule has 1 aliphatic carbocycles. The van der Waals surface area contributed by atoms with Crippen molar-refractivity contribution in [2.24, 2.45) is 10.8 Å². The van der Waals surface area contributed by atoms with Crippen LogP contribution in [0.5, 0.6) is 0 Å². The van der Waals surface area contributed by atoms with Gasteiger partial charge in [0, 0.05) is 30.7 Å². The van der Waals surface area contributed by atoms with E-state index in [0.29, 0.717) is 6.04 Å². The van der Waals surface area contributed by atoms with Gasteiger partial charge in [-0.15, -0.1) is 0 Å². The van der Waals surface area contributed by atoms with Crippen molar-refractivity contribution in [3.63, 3.8) is 0 Å². The van der Waals surface area contributed by atoms with Crippen LogP contribution in [0.3, 0.4) is 0 Å². The van der Waals surface area contributed by atoms with Crippen LogP contribution in [0.1, 0.15) is 62.5 Å². The highest BCUT2D eigenvalue weighted by atomic mass is 15.5. The van der Waals surface area contributed by atoms with Gasteiger partial charge in [-0.3, -0.25) is 5.01 Å². The Balaban J connectivity index is 1.65. The van der Waals surface area contributed by atoms with E-state index < -0.39 is 0 Å². The van der Waals surface area contributed by atoms with Gasteiger partial charge in [-0.1, -0.05) is 49.9 Å². The Labute approximate surface area is 145 Å². The average Bonchev–Trinajstić information content (AvgIpc) is 2.86. The number of benzene rings is 1. The number of hydrazone groups is 1. The van der Waals surface area contributed by atoms with Crippen LogP contribution < -0.4 is 5.73 Å². The molecule has 1 saturated heterocycles. The molecule has 2 heterocycles. The smallest absolute Gasteiger partial charge is 0.156 e. The molecule has 24 heavy (non-hydrogen) atoms. The molecular weight excluding hydrogens is 296 g/mol. The summed E-state index contributed by atoms with van der Waals surface area (Å²) >= 11 is 0. The standard InChI is InChI=1S/C20H30N4/c21-17-9-6-7-13-23(15-17)20-19-12-5-4-8-16(19)14-24(22-20)18-10-2-1-3-11-18/h4-5,8,12,17-18H,1-3,6-7,9-11,13-15,21H2/t17-/m0/s1. The monoisotopic (exact) mass is 326 g/mol. The Hall–Kier alpha value is -1.55. The first-order chi connectivity index (χ1) is 11.8. The number of nitrogens with zero attached hydrogens (tertiary/aromatic N) is 3. The summed E-state index contributed by atoms with van der Waals surface area (Å²) < 4.78 is 0. The van der Waals surface area contributed by atoms with E-state index in [1.807, 2.05) is 0 Å². The Kier molecular flexibility index (Phi) is 4.74. The van der Waals surface area contributed by atoms with Gasteiger partial charge >= 0.3 is 0 Å². The van der Waals surface area contributed by atoms with E-state index >= 15 is 0 Å². The maximum Gasteiger partial charge on any atom is 0.156 e. The summed E-state index contributed by atoms with van der Waals surface area (Å²) in [6.45, 7) is 2.98. The maximum absolute atomic E-state index is 6.32. The van der Waals surface area contributed by atoms with Gasteiger partial charge in [0.1, 0.15) is 0 Å². The molecule has 0 aromatic heterocycles. The Bertz CT molecular complexity index is 591. The van der Waals surface area contributed by atoms with Crippen LogP contribution in [0.2, 0.25) is 0 Å². The SMILES string of the molecule is N[C@H]1CCCCN(C2=NN(C3CCCCC3)Cc3ccccc32)C1. The number of rotatable bonds is 1. The Morgan fingerprint density at radius 1 is 0.958 bits per heavy atom. The van der Waals surface area contributed by atoms with Gasteiger partial charge in [0.25, 0.3) is 0 Å². The first-order valence-corrected chi connectivity index (χ1v) is 9.75. The van der Waals surface area contributed by atoms with Crippen LogP contribution >= 0.6 is 0 Å². The van der Waals surface area contributed by atoms with E-state index in [2.05, 4.69) is 34.2 Å². The molecule has 1 atom stereocenters. The van der Waals surface area contributed by atoms with Gasteiger partial charge in [-0.2, -0.15) is 5.10 Å².